The van der Waals surface area contributed by atoms with Gasteiger partial charge in [0.1, 0.15) is 6.61 Å². The van der Waals surface area contributed by atoms with Gasteiger partial charge in [0.05, 0.1) is 7.11 Å². The molecule has 2 aromatic carbocycles. The maximum absolute atomic E-state index is 5.93. The molecule has 0 spiro atoms. The Morgan fingerprint density at radius 3 is 2.57 bits per heavy atom. The highest BCUT2D eigenvalue weighted by Crippen LogP contribution is 2.26. The monoisotopic (exact) mass is 312 g/mol. The largest absolute Gasteiger partial charge is 0.493 e. The summed E-state index contributed by atoms with van der Waals surface area (Å²) in [5, 5.41) is 3.49. The number of para-hydroxylation sites is 2. The Kier molecular flexibility index (Phi) is 5.51. The molecule has 1 aliphatic heterocycles. The van der Waals surface area contributed by atoms with Gasteiger partial charge in [0, 0.05) is 32.2 Å². The lowest BCUT2D eigenvalue weighted by molar-refractivity contribution is 0.133. The molecule has 1 aliphatic rings. The summed E-state index contributed by atoms with van der Waals surface area (Å²) < 4.78 is 11.3. The Labute approximate surface area is 138 Å². The van der Waals surface area contributed by atoms with Crippen LogP contribution in [0.5, 0.6) is 11.5 Å². The number of piperazine rings is 1. The van der Waals surface area contributed by atoms with Crippen molar-refractivity contribution in [2.75, 3.05) is 39.9 Å². The number of hydrogen-bond donors (Lipinski definition) is 1. The second kappa shape index (κ2) is 7.99. The second-order valence-electron chi connectivity index (χ2n) is 5.67. The standard InChI is InChI=1S/C19H24N2O2/c1-22-18-9-5-6-10-19(18)23-14-13-21-12-11-20-15-17(21)16-7-3-2-4-8-16/h2-10,17,20H,11-15H2,1H3. The maximum Gasteiger partial charge on any atom is 0.161 e. The summed E-state index contributed by atoms with van der Waals surface area (Å²) in [5.41, 5.74) is 1.36. The third-order valence-corrected chi connectivity index (χ3v) is 4.24. The van der Waals surface area contributed by atoms with Crippen molar-refractivity contribution in [1.29, 1.82) is 0 Å². The molecule has 23 heavy (non-hydrogen) atoms. The topological polar surface area (TPSA) is 33.7 Å². The molecule has 1 heterocycles. The lowest BCUT2D eigenvalue weighted by Gasteiger charge is -2.36. The minimum absolute atomic E-state index is 0.409. The lowest BCUT2D eigenvalue weighted by atomic mass is 10.0. The Balaban J connectivity index is 1.59. The first-order valence-electron chi connectivity index (χ1n) is 8.14. The fourth-order valence-corrected chi connectivity index (χ4v) is 3.03. The Morgan fingerprint density at radius 2 is 1.78 bits per heavy atom. The van der Waals surface area contributed by atoms with Crippen LogP contribution in [0, 0.1) is 0 Å². The van der Waals surface area contributed by atoms with E-state index in [1.54, 1.807) is 7.11 Å². The molecule has 3 rings (SSSR count). The van der Waals surface area contributed by atoms with Crippen molar-refractivity contribution in [3.05, 3.63) is 60.2 Å². The molecular formula is C19H24N2O2. The van der Waals surface area contributed by atoms with E-state index in [2.05, 4.69) is 40.5 Å². The summed E-state index contributed by atoms with van der Waals surface area (Å²) in [6, 6.07) is 18.9. The van der Waals surface area contributed by atoms with Gasteiger partial charge in [-0.25, -0.2) is 0 Å². The Hall–Kier alpha value is -2.04. The van der Waals surface area contributed by atoms with Gasteiger partial charge in [-0.1, -0.05) is 42.5 Å². The van der Waals surface area contributed by atoms with E-state index < -0.39 is 0 Å². The minimum atomic E-state index is 0.409. The summed E-state index contributed by atoms with van der Waals surface area (Å²) in [6.45, 7) is 4.61. The highest BCUT2D eigenvalue weighted by Gasteiger charge is 2.23. The van der Waals surface area contributed by atoms with Gasteiger partial charge < -0.3 is 14.8 Å². The van der Waals surface area contributed by atoms with Gasteiger partial charge in [0.15, 0.2) is 11.5 Å². The second-order valence-corrected chi connectivity index (χ2v) is 5.67. The van der Waals surface area contributed by atoms with Crippen LogP contribution in [0.1, 0.15) is 11.6 Å². The molecule has 1 N–H and O–H groups in total. The van der Waals surface area contributed by atoms with Crippen molar-refractivity contribution >= 4 is 0 Å². The molecule has 122 valence electrons. The van der Waals surface area contributed by atoms with Crippen molar-refractivity contribution in [3.8, 4) is 11.5 Å². The van der Waals surface area contributed by atoms with E-state index in [1.165, 1.54) is 5.56 Å². The van der Waals surface area contributed by atoms with Crippen LogP contribution in [-0.4, -0.2) is 44.8 Å². The number of benzene rings is 2. The highest BCUT2D eigenvalue weighted by atomic mass is 16.5. The molecule has 4 heteroatoms. The zero-order chi connectivity index (χ0) is 15.9. The molecule has 0 bridgehead atoms. The number of hydrogen-bond acceptors (Lipinski definition) is 4. The fourth-order valence-electron chi connectivity index (χ4n) is 3.03. The van der Waals surface area contributed by atoms with Crippen LogP contribution < -0.4 is 14.8 Å². The Bertz CT molecular complexity index is 603. The van der Waals surface area contributed by atoms with Crippen LogP contribution in [0.3, 0.4) is 0 Å². The van der Waals surface area contributed by atoms with Crippen molar-refractivity contribution < 1.29 is 9.47 Å². The van der Waals surface area contributed by atoms with E-state index in [1.807, 2.05) is 24.3 Å². The van der Waals surface area contributed by atoms with Crippen LogP contribution in [-0.2, 0) is 0 Å². The predicted octanol–water partition coefficient (Wildman–Crippen LogP) is 2.72. The third-order valence-electron chi connectivity index (χ3n) is 4.24. The van der Waals surface area contributed by atoms with Crippen molar-refractivity contribution in [2.24, 2.45) is 0 Å². The molecular weight excluding hydrogens is 288 g/mol. The van der Waals surface area contributed by atoms with E-state index in [0.29, 0.717) is 12.6 Å². The molecule has 1 unspecified atom stereocenters. The van der Waals surface area contributed by atoms with Gasteiger partial charge >= 0.3 is 0 Å². The van der Waals surface area contributed by atoms with E-state index in [-0.39, 0.29) is 0 Å². The lowest BCUT2D eigenvalue weighted by Crippen LogP contribution is -2.47. The van der Waals surface area contributed by atoms with Crippen LogP contribution in [0.2, 0.25) is 0 Å². The van der Waals surface area contributed by atoms with Gasteiger partial charge in [0.25, 0.3) is 0 Å². The van der Waals surface area contributed by atoms with E-state index in [9.17, 15) is 0 Å². The smallest absolute Gasteiger partial charge is 0.161 e. The van der Waals surface area contributed by atoms with Gasteiger partial charge in [-0.3, -0.25) is 4.90 Å². The average Bonchev–Trinajstić information content (AvgIpc) is 2.63. The fraction of sp³-hybridized carbons (Fsp3) is 0.368. The number of nitrogens with one attached hydrogen (secondary N) is 1. The first kappa shape index (κ1) is 15.8. The van der Waals surface area contributed by atoms with Crippen LogP contribution >= 0.6 is 0 Å². The molecule has 1 atom stereocenters. The summed E-state index contributed by atoms with van der Waals surface area (Å²) in [5.74, 6) is 1.59. The molecule has 0 saturated carbocycles. The van der Waals surface area contributed by atoms with Crippen molar-refractivity contribution in [2.45, 2.75) is 6.04 Å². The molecule has 4 nitrogen and oxygen atoms in total. The summed E-state index contributed by atoms with van der Waals surface area (Å²) in [7, 11) is 1.67. The molecule has 2 aromatic rings. The molecule has 0 aromatic heterocycles. The number of ether oxygens (including phenoxy) is 2. The predicted molar refractivity (Wildman–Crippen MR) is 92.1 cm³/mol. The van der Waals surface area contributed by atoms with Gasteiger partial charge in [-0.15, -0.1) is 0 Å². The SMILES string of the molecule is COc1ccccc1OCCN1CCNCC1c1ccccc1. The van der Waals surface area contributed by atoms with E-state index in [4.69, 9.17) is 9.47 Å². The van der Waals surface area contributed by atoms with Gasteiger partial charge in [0.2, 0.25) is 0 Å². The van der Waals surface area contributed by atoms with Crippen molar-refractivity contribution in [1.82, 2.24) is 10.2 Å². The summed E-state index contributed by atoms with van der Waals surface area (Å²) in [4.78, 5) is 2.49. The number of methoxy groups -OCH3 is 1. The van der Waals surface area contributed by atoms with Crippen LogP contribution in [0.15, 0.2) is 54.6 Å². The third kappa shape index (κ3) is 4.03. The first-order valence-corrected chi connectivity index (χ1v) is 8.14. The average molecular weight is 312 g/mol. The molecule has 1 saturated heterocycles. The van der Waals surface area contributed by atoms with E-state index >= 15 is 0 Å². The normalized spacial score (nSPS) is 18.6. The van der Waals surface area contributed by atoms with Gasteiger partial charge in [-0.2, -0.15) is 0 Å². The molecule has 0 radical (unpaired) electrons. The minimum Gasteiger partial charge on any atom is -0.493 e. The van der Waals surface area contributed by atoms with Crippen LogP contribution in [0.25, 0.3) is 0 Å². The van der Waals surface area contributed by atoms with Crippen molar-refractivity contribution in [3.63, 3.8) is 0 Å². The van der Waals surface area contributed by atoms with Gasteiger partial charge in [-0.05, 0) is 17.7 Å². The van der Waals surface area contributed by atoms with Crippen LogP contribution in [0.4, 0.5) is 0 Å². The molecule has 0 amide bonds. The molecule has 1 fully saturated rings. The Morgan fingerprint density at radius 1 is 1.04 bits per heavy atom. The number of rotatable bonds is 6. The molecule has 0 aliphatic carbocycles. The quantitative estimate of drug-likeness (QED) is 0.889. The number of nitrogens with zero attached hydrogens (tertiary/aromatic N) is 1. The zero-order valence-electron chi connectivity index (χ0n) is 13.6. The maximum atomic E-state index is 5.93. The summed E-state index contributed by atoms with van der Waals surface area (Å²) >= 11 is 0. The zero-order valence-corrected chi connectivity index (χ0v) is 13.6. The summed E-state index contributed by atoms with van der Waals surface area (Å²) in [6.07, 6.45) is 0. The first-order chi connectivity index (χ1) is 11.4. The highest BCUT2D eigenvalue weighted by molar-refractivity contribution is 5.39. The van der Waals surface area contributed by atoms with E-state index in [0.717, 1.165) is 37.7 Å².